The van der Waals surface area contributed by atoms with Gasteiger partial charge in [-0.2, -0.15) is 0 Å². The first-order valence-corrected chi connectivity index (χ1v) is 7.46. The number of fused-ring (bicyclic) bond motifs is 1. The van der Waals surface area contributed by atoms with Gasteiger partial charge in [0.15, 0.2) is 11.5 Å². The highest BCUT2D eigenvalue weighted by Gasteiger charge is 2.28. The Morgan fingerprint density at radius 3 is 2.76 bits per heavy atom. The molecule has 3 rings (SSSR count). The van der Waals surface area contributed by atoms with E-state index in [-0.39, 0.29) is 17.7 Å². The van der Waals surface area contributed by atoms with Gasteiger partial charge in [0.2, 0.25) is 5.91 Å². The van der Waals surface area contributed by atoms with E-state index in [0.29, 0.717) is 5.92 Å². The monoisotopic (exact) mass is 287 g/mol. The lowest BCUT2D eigenvalue weighted by molar-refractivity contribution is -0.121. The molecule has 112 valence electrons. The van der Waals surface area contributed by atoms with E-state index in [0.717, 1.165) is 35.8 Å². The third-order valence-electron chi connectivity index (χ3n) is 4.10. The molecule has 2 aromatic rings. The van der Waals surface area contributed by atoms with E-state index in [2.05, 4.69) is 15.6 Å². The molecular formula is C16H21N3O2. The number of rotatable bonds is 4. The first-order valence-electron chi connectivity index (χ1n) is 7.46. The number of anilines is 1. The van der Waals surface area contributed by atoms with Crippen LogP contribution in [0.4, 0.5) is 5.69 Å². The number of oxazole rings is 1. The Labute approximate surface area is 124 Å². The Morgan fingerprint density at radius 1 is 1.38 bits per heavy atom. The minimum Gasteiger partial charge on any atom is -0.440 e. The van der Waals surface area contributed by atoms with E-state index < -0.39 is 0 Å². The standard InChI is InChI=1S/C16H21N3O2/c1-9(2)16-19-13-6-12(4-5-14(13)21-16)18-15(20)10(3)11-7-17-8-11/h4-6,9-11,17H,7-8H2,1-3H3,(H,18,20). The van der Waals surface area contributed by atoms with Gasteiger partial charge >= 0.3 is 0 Å². The number of nitrogens with zero attached hydrogens (tertiary/aromatic N) is 1. The molecule has 0 bridgehead atoms. The van der Waals surface area contributed by atoms with Crippen molar-refractivity contribution in [1.29, 1.82) is 0 Å². The second-order valence-corrected chi connectivity index (χ2v) is 6.09. The van der Waals surface area contributed by atoms with Crippen molar-refractivity contribution in [2.45, 2.75) is 26.7 Å². The number of hydrogen-bond donors (Lipinski definition) is 2. The molecule has 21 heavy (non-hydrogen) atoms. The van der Waals surface area contributed by atoms with Crippen molar-refractivity contribution >= 4 is 22.7 Å². The second-order valence-electron chi connectivity index (χ2n) is 6.09. The maximum Gasteiger partial charge on any atom is 0.227 e. The molecule has 5 heteroatoms. The number of aromatic nitrogens is 1. The molecule has 1 saturated heterocycles. The van der Waals surface area contributed by atoms with Gasteiger partial charge in [-0.25, -0.2) is 4.98 Å². The van der Waals surface area contributed by atoms with Gasteiger partial charge in [0.1, 0.15) is 5.52 Å². The third-order valence-corrected chi connectivity index (χ3v) is 4.10. The lowest BCUT2D eigenvalue weighted by Gasteiger charge is -2.31. The van der Waals surface area contributed by atoms with Crippen LogP contribution in [0.25, 0.3) is 11.1 Å². The van der Waals surface area contributed by atoms with Crippen LogP contribution in [0.3, 0.4) is 0 Å². The van der Waals surface area contributed by atoms with Crippen LogP contribution in [0, 0.1) is 11.8 Å². The lowest BCUT2D eigenvalue weighted by Crippen LogP contribution is -2.48. The highest BCUT2D eigenvalue weighted by molar-refractivity contribution is 5.94. The van der Waals surface area contributed by atoms with Crippen molar-refractivity contribution in [3.63, 3.8) is 0 Å². The molecule has 1 fully saturated rings. The van der Waals surface area contributed by atoms with Crippen molar-refractivity contribution in [1.82, 2.24) is 10.3 Å². The summed E-state index contributed by atoms with van der Waals surface area (Å²) in [6.45, 7) is 7.92. The van der Waals surface area contributed by atoms with E-state index in [1.165, 1.54) is 0 Å². The Morgan fingerprint density at radius 2 is 2.14 bits per heavy atom. The number of carbonyl (C=O) groups excluding carboxylic acids is 1. The summed E-state index contributed by atoms with van der Waals surface area (Å²) in [6.07, 6.45) is 0. The van der Waals surface area contributed by atoms with Crippen molar-refractivity contribution in [2.24, 2.45) is 11.8 Å². The maximum absolute atomic E-state index is 12.2. The van der Waals surface area contributed by atoms with Crippen molar-refractivity contribution in [2.75, 3.05) is 18.4 Å². The Hall–Kier alpha value is -1.88. The first-order chi connectivity index (χ1) is 10.0. The van der Waals surface area contributed by atoms with E-state index in [4.69, 9.17) is 4.42 Å². The fourth-order valence-corrected chi connectivity index (χ4v) is 2.40. The molecule has 2 N–H and O–H groups in total. The van der Waals surface area contributed by atoms with Gasteiger partial charge in [-0.15, -0.1) is 0 Å². The minimum absolute atomic E-state index is 0.0190. The second kappa shape index (κ2) is 5.48. The number of nitrogens with one attached hydrogen (secondary N) is 2. The molecule has 0 radical (unpaired) electrons. The SMILES string of the molecule is CC(C)c1nc2cc(NC(=O)C(C)C3CNC3)ccc2o1. The molecule has 0 aliphatic carbocycles. The highest BCUT2D eigenvalue weighted by Crippen LogP contribution is 2.24. The summed E-state index contributed by atoms with van der Waals surface area (Å²) in [5.41, 5.74) is 2.32. The van der Waals surface area contributed by atoms with Gasteiger partial charge in [0.05, 0.1) is 0 Å². The molecular weight excluding hydrogens is 266 g/mol. The quantitative estimate of drug-likeness (QED) is 0.907. The van der Waals surface area contributed by atoms with Crippen LogP contribution in [0.5, 0.6) is 0 Å². The molecule has 1 aliphatic heterocycles. The smallest absolute Gasteiger partial charge is 0.227 e. The average molecular weight is 287 g/mol. The van der Waals surface area contributed by atoms with Crippen molar-refractivity contribution in [3.05, 3.63) is 24.1 Å². The van der Waals surface area contributed by atoms with Crippen LogP contribution in [0.15, 0.2) is 22.6 Å². The van der Waals surface area contributed by atoms with Crippen LogP contribution in [-0.2, 0) is 4.79 Å². The fourth-order valence-electron chi connectivity index (χ4n) is 2.40. The van der Waals surface area contributed by atoms with E-state index in [9.17, 15) is 4.79 Å². The normalized spacial score (nSPS) is 17.0. The molecule has 0 spiro atoms. The first kappa shape index (κ1) is 14.1. The van der Waals surface area contributed by atoms with Crippen LogP contribution in [-0.4, -0.2) is 24.0 Å². The zero-order valence-electron chi connectivity index (χ0n) is 12.6. The third kappa shape index (κ3) is 2.78. The topological polar surface area (TPSA) is 67.2 Å². The highest BCUT2D eigenvalue weighted by atomic mass is 16.3. The predicted molar refractivity (Wildman–Crippen MR) is 82.3 cm³/mol. The maximum atomic E-state index is 12.2. The van der Waals surface area contributed by atoms with Crippen molar-refractivity contribution in [3.8, 4) is 0 Å². The number of amides is 1. The van der Waals surface area contributed by atoms with Gasteiger partial charge < -0.3 is 15.1 Å². The van der Waals surface area contributed by atoms with E-state index in [1.54, 1.807) is 0 Å². The Kier molecular flexibility index (Phi) is 3.68. The predicted octanol–water partition coefficient (Wildman–Crippen LogP) is 2.75. The molecule has 1 unspecified atom stereocenters. The molecule has 1 aromatic heterocycles. The Balaban J connectivity index is 1.75. The molecule has 1 atom stereocenters. The number of carbonyl (C=O) groups is 1. The summed E-state index contributed by atoms with van der Waals surface area (Å²) in [6, 6.07) is 5.59. The van der Waals surface area contributed by atoms with Gasteiger partial charge in [-0.3, -0.25) is 4.79 Å². The molecule has 2 heterocycles. The Bertz CT molecular complexity index is 659. The summed E-state index contributed by atoms with van der Waals surface area (Å²) >= 11 is 0. The summed E-state index contributed by atoms with van der Waals surface area (Å²) in [7, 11) is 0. The van der Waals surface area contributed by atoms with Gasteiger partial charge in [-0.1, -0.05) is 20.8 Å². The van der Waals surface area contributed by atoms with Crippen LogP contribution >= 0.6 is 0 Å². The van der Waals surface area contributed by atoms with Crippen molar-refractivity contribution < 1.29 is 9.21 Å². The van der Waals surface area contributed by atoms with Gasteiger partial charge in [-0.05, 0) is 37.2 Å². The summed E-state index contributed by atoms with van der Waals surface area (Å²) in [5, 5.41) is 6.17. The van der Waals surface area contributed by atoms with Crippen LogP contribution in [0.1, 0.15) is 32.6 Å². The average Bonchev–Trinajstić information content (AvgIpc) is 2.79. The fraction of sp³-hybridized carbons (Fsp3) is 0.500. The largest absolute Gasteiger partial charge is 0.440 e. The summed E-state index contributed by atoms with van der Waals surface area (Å²) in [4.78, 5) is 16.7. The lowest BCUT2D eigenvalue weighted by atomic mass is 9.88. The zero-order valence-corrected chi connectivity index (χ0v) is 12.6. The van der Waals surface area contributed by atoms with Gasteiger partial charge in [0.25, 0.3) is 0 Å². The molecule has 1 aliphatic rings. The molecule has 0 saturated carbocycles. The molecule has 5 nitrogen and oxygen atoms in total. The van der Waals surface area contributed by atoms with Gasteiger partial charge in [0, 0.05) is 17.5 Å². The number of hydrogen-bond acceptors (Lipinski definition) is 4. The van der Waals surface area contributed by atoms with E-state index in [1.807, 2.05) is 39.0 Å². The molecule has 1 amide bonds. The number of benzene rings is 1. The zero-order chi connectivity index (χ0) is 15.0. The summed E-state index contributed by atoms with van der Waals surface area (Å²) < 4.78 is 5.67. The minimum atomic E-state index is 0.0190. The van der Waals surface area contributed by atoms with Crippen LogP contribution in [0.2, 0.25) is 0 Å². The summed E-state index contributed by atoms with van der Waals surface area (Å²) in [5.74, 6) is 1.50. The van der Waals surface area contributed by atoms with Crippen LogP contribution < -0.4 is 10.6 Å². The molecule has 1 aromatic carbocycles. The van der Waals surface area contributed by atoms with E-state index >= 15 is 0 Å².